The Balaban J connectivity index is 1.33. The Hall–Kier alpha value is -3.07. The number of rotatable bonds is 6. The Bertz CT molecular complexity index is 1160. The molecule has 5 rings (SSSR count). The number of pyridine rings is 1. The predicted molar refractivity (Wildman–Crippen MR) is 125 cm³/mol. The van der Waals surface area contributed by atoms with E-state index in [4.69, 9.17) is 14.5 Å². The summed E-state index contributed by atoms with van der Waals surface area (Å²) in [5.41, 5.74) is 4.85. The third-order valence-electron chi connectivity index (χ3n) is 6.34. The molecule has 0 radical (unpaired) electrons. The lowest BCUT2D eigenvalue weighted by Crippen LogP contribution is -2.36. The average Bonchev–Trinajstić information content (AvgIpc) is 2.85. The maximum absolute atomic E-state index is 12.7. The highest BCUT2D eigenvalue weighted by Gasteiger charge is 2.22. The number of fused-ring (bicyclic) bond motifs is 1. The summed E-state index contributed by atoms with van der Waals surface area (Å²) in [6.45, 7) is 6.58. The maximum atomic E-state index is 12.7. The zero-order valence-electron chi connectivity index (χ0n) is 18.9. The number of methoxy groups -OCH3 is 1. The van der Waals surface area contributed by atoms with Crippen molar-refractivity contribution in [1.29, 1.82) is 0 Å². The van der Waals surface area contributed by atoms with Gasteiger partial charge in [0.25, 0.3) is 5.56 Å². The molecule has 33 heavy (non-hydrogen) atoms. The molecule has 1 N–H and O–H groups in total. The quantitative estimate of drug-likeness (QED) is 0.620. The van der Waals surface area contributed by atoms with Crippen LogP contribution >= 0.6 is 0 Å². The molecule has 0 spiro atoms. The minimum absolute atomic E-state index is 0.0456. The van der Waals surface area contributed by atoms with Gasteiger partial charge in [0.05, 0.1) is 26.0 Å². The van der Waals surface area contributed by atoms with Crippen LogP contribution in [0.2, 0.25) is 0 Å². The molecule has 8 heteroatoms. The first-order chi connectivity index (χ1) is 16.2. The van der Waals surface area contributed by atoms with Crippen molar-refractivity contribution in [2.75, 3.05) is 40.0 Å². The highest BCUT2D eigenvalue weighted by Crippen LogP contribution is 2.25. The van der Waals surface area contributed by atoms with Crippen LogP contribution in [0.3, 0.4) is 0 Å². The van der Waals surface area contributed by atoms with Crippen molar-refractivity contribution in [2.24, 2.45) is 0 Å². The fourth-order valence-corrected chi connectivity index (χ4v) is 4.58. The van der Waals surface area contributed by atoms with Crippen molar-refractivity contribution in [3.8, 4) is 17.1 Å². The van der Waals surface area contributed by atoms with Gasteiger partial charge in [-0.2, -0.15) is 0 Å². The number of ether oxygens (including phenoxy) is 2. The van der Waals surface area contributed by atoms with Crippen LogP contribution in [0.1, 0.15) is 22.4 Å². The molecule has 2 aliphatic rings. The third kappa shape index (κ3) is 4.98. The Kier molecular flexibility index (Phi) is 6.48. The molecule has 1 fully saturated rings. The second-order valence-corrected chi connectivity index (χ2v) is 8.58. The fraction of sp³-hybridized carbons (Fsp3) is 0.400. The van der Waals surface area contributed by atoms with Gasteiger partial charge in [-0.3, -0.25) is 19.6 Å². The molecule has 2 aromatic heterocycles. The fourth-order valence-electron chi connectivity index (χ4n) is 4.58. The normalized spacial score (nSPS) is 17.0. The van der Waals surface area contributed by atoms with E-state index in [1.165, 1.54) is 11.1 Å². The Labute approximate surface area is 193 Å². The van der Waals surface area contributed by atoms with E-state index in [1.54, 1.807) is 19.5 Å². The predicted octanol–water partition coefficient (Wildman–Crippen LogP) is 2.23. The highest BCUT2D eigenvalue weighted by molar-refractivity contribution is 5.53. The first kappa shape index (κ1) is 21.8. The van der Waals surface area contributed by atoms with E-state index in [0.29, 0.717) is 18.8 Å². The first-order valence-corrected chi connectivity index (χ1v) is 11.4. The summed E-state index contributed by atoms with van der Waals surface area (Å²) in [4.78, 5) is 29.3. The van der Waals surface area contributed by atoms with E-state index in [2.05, 4.69) is 38.0 Å². The molecule has 8 nitrogen and oxygen atoms in total. The second kappa shape index (κ2) is 9.82. The minimum Gasteiger partial charge on any atom is -0.496 e. The minimum atomic E-state index is -0.0456. The molecule has 1 aromatic carbocycles. The lowest BCUT2D eigenvalue weighted by atomic mass is 10.0. The van der Waals surface area contributed by atoms with E-state index >= 15 is 0 Å². The van der Waals surface area contributed by atoms with Crippen LogP contribution in [0, 0.1) is 0 Å². The molecule has 0 unspecified atom stereocenters. The molecular formula is C25H29N5O3. The van der Waals surface area contributed by atoms with Gasteiger partial charge in [0, 0.05) is 68.4 Å². The van der Waals surface area contributed by atoms with Crippen molar-refractivity contribution in [3.05, 3.63) is 75.5 Å². The average molecular weight is 448 g/mol. The number of H-pyrrole nitrogens is 1. The summed E-state index contributed by atoms with van der Waals surface area (Å²) >= 11 is 0. The summed E-state index contributed by atoms with van der Waals surface area (Å²) in [6.07, 6.45) is 4.13. The molecule has 0 aliphatic carbocycles. The van der Waals surface area contributed by atoms with E-state index in [1.807, 2.05) is 12.1 Å². The van der Waals surface area contributed by atoms with Gasteiger partial charge < -0.3 is 14.5 Å². The maximum Gasteiger partial charge on any atom is 0.254 e. The first-order valence-electron chi connectivity index (χ1n) is 11.4. The number of hydrogen-bond donors (Lipinski definition) is 1. The zero-order valence-corrected chi connectivity index (χ0v) is 18.9. The molecule has 0 amide bonds. The van der Waals surface area contributed by atoms with Crippen molar-refractivity contribution in [3.63, 3.8) is 0 Å². The van der Waals surface area contributed by atoms with Gasteiger partial charge in [-0.25, -0.2) is 4.98 Å². The van der Waals surface area contributed by atoms with Gasteiger partial charge in [0.2, 0.25) is 0 Å². The molecular weight excluding hydrogens is 418 g/mol. The van der Waals surface area contributed by atoms with E-state index < -0.39 is 0 Å². The molecule has 3 aromatic rings. The van der Waals surface area contributed by atoms with Gasteiger partial charge in [0.15, 0.2) is 0 Å². The molecule has 172 valence electrons. The number of aromatic amines is 1. The number of aromatic nitrogens is 3. The number of nitrogens with one attached hydrogen (secondary N) is 1. The molecule has 2 aliphatic heterocycles. The molecule has 0 atom stereocenters. The van der Waals surface area contributed by atoms with Gasteiger partial charge in [-0.15, -0.1) is 0 Å². The van der Waals surface area contributed by atoms with Crippen LogP contribution in [0.25, 0.3) is 11.4 Å². The zero-order chi connectivity index (χ0) is 22.6. The van der Waals surface area contributed by atoms with Crippen LogP contribution in [-0.2, 0) is 30.8 Å². The Morgan fingerprint density at radius 1 is 1.12 bits per heavy atom. The van der Waals surface area contributed by atoms with Crippen molar-refractivity contribution in [1.82, 2.24) is 24.8 Å². The number of morpholine rings is 1. The van der Waals surface area contributed by atoms with Gasteiger partial charge >= 0.3 is 0 Å². The van der Waals surface area contributed by atoms with Crippen molar-refractivity contribution in [2.45, 2.75) is 26.1 Å². The number of benzene rings is 1. The number of nitrogens with zero attached hydrogens (tertiary/aromatic N) is 4. The number of hydrogen-bond acceptors (Lipinski definition) is 7. The van der Waals surface area contributed by atoms with Crippen molar-refractivity contribution >= 4 is 0 Å². The molecule has 1 saturated heterocycles. The van der Waals surface area contributed by atoms with E-state index in [0.717, 1.165) is 68.5 Å². The SMILES string of the molecule is COc1ccc(CN2CCc3c(nc(-c4cccnc4)[nH]c3=O)C2)cc1CN1CCOCC1. The smallest absolute Gasteiger partial charge is 0.254 e. The van der Waals surface area contributed by atoms with E-state index in [9.17, 15) is 4.79 Å². The topological polar surface area (TPSA) is 83.6 Å². The largest absolute Gasteiger partial charge is 0.496 e. The van der Waals surface area contributed by atoms with Crippen LogP contribution in [0.5, 0.6) is 5.75 Å². The van der Waals surface area contributed by atoms with Gasteiger partial charge in [0.1, 0.15) is 11.6 Å². The monoisotopic (exact) mass is 447 g/mol. The Morgan fingerprint density at radius 3 is 2.79 bits per heavy atom. The van der Waals surface area contributed by atoms with Gasteiger partial charge in [-0.05, 0) is 36.2 Å². The van der Waals surface area contributed by atoms with Crippen molar-refractivity contribution < 1.29 is 9.47 Å². The second-order valence-electron chi connectivity index (χ2n) is 8.58. The summed E-state index contributed by atoms with van der Waals surface area (Å²) in [6, 6.07) is 10.2. The van der Waals surface area contributed by atoms with Gasteiger partial charge in [-0.1, -0.05) is 6.07 Å². The highest BCUT2D eigenvalue weighted by atomic mass is 16.5. The molecule has 4 heterocycles. The standard InChI is InChI=1S/C25H29N5O3/c1-32-23-5-4-18(13-20(23)16-29-9-11-33-12-10-29)15-30-8-6-21-22(17-30)27-24(28-25(21)31)19-3-2-7-26-14-19/h2-5,7,13-14H,6,8-12,15-17H2,1H3,(H,27,28,31). The summed E-state index contributed by atoms with van der Waals surface area (Å²) in [5.74, 6) is 1.49. The summed E-state index contributed by atoms with van der Waals surface area (Å²) in [7, 11) is 1.72. The van der Waals surface area contributed by atoms with Crippen LogP contribution < -0.4 is 10.3 Å². The van der Waals surface area contributed by atoms with Crippen LogP contribution in [-0.4, -0.2) is 64.7 Å². The van der Waals surface area contributed by atoms with Crippen LogP contribution in [0.15, 0.2) is 47.5 Å². The Morgan fingerprint density at radius 2 is 2.00 bits per heavy atom. The van der Waals surface area contributed by atoms with Crippen LogP contribution in [0.4, 0.5) is 0 Å². The third-order valence-corrected chi connectivity index (χ3v) is 6.34. The molecule has 0 saturated carbocycles. The summed E-state index contributed by atoms with van der Waals surface area (Å²) in [5, 5.41) is 0. The molecule has 0 bridgehead atoms. The summed E-state index contributed by atoms with van der Waals surface area (Å²) < 4.78 is 11.1. The lowest BCUT2D eigenvalue weighted by Gasteiger charge is -2.29. The van der Waals surface area contributed by atoms with E-state index in [-0.39, 0.29) is 5.56 Å². The lowest BCUT2D eigenvalue weighted by molar-refractivity contribution is 0.0338.